The summed E-state index contributed by atoms with van der Waals surface area (Å²) in [7, 11) is 0. The third-order valence-corrected chi connectivity index (χ3v) is 4.39. The summed E-state index contributed by atoms with van der Waals surface area (Å²) in [6.45, 7) is 0. The zero-order chi connectivity index (χ0) is 14.4. The Morgan fingerprint density at radius 1 is 1.29 bits per heavy atom. The van der Waals surface area contributed by atoms with Crippen LogP contribution in [0.3, 0.4) is 0 Å². The third-order valence-electron chi connectivity index (χ3n) is 3.26. The average molecular weight is 295 g/mol. The maximum Gasteiger partial charge on any atom is 0.358 e. The highest BCUT2D eigenvalue weighted by molar-refractivity contribution is 7.22. The first-order chi connectivity index (χ1) is 10.2. The van der Waals surface area contributed by atoms with E-state index in [9.17, 15) is 4.79 Å². The standard InChI is InChI=1S/C15H9N3O2S/c19-15(20)13-14-17-10(8-18(14)6-5-16-13)12-7-9-3-1-2-4-11(9)21-12/h1-8H,(H,19,20). The summed E-state index contributed by atoms with van der Waals surface area (Å²) in [5.41, 5.74) is 1.08. The molecule has 0 fully saturated rings. The lowest BCUT2D eigenvalue weighted by Gasteiger charge is -1.95. The van der Waals surface area contributed by atoms with Crippen molar-refractivity contribution < 1.29 is 9.90 Å². The Morgan fingerprint density at radius 2 is 2.14 bits per heavy atom. The summed E-state index contributed by atoms with van der Waals surface area (Å²) < 4.78 is 2.87. The molecule has 0 amide bonds. The van der Waals surface area contributed by atoms with Gasteiger partial charge in [0.25, 0.3) is 0 Å². The molecule has 4 aromatic rings. The van der Waals surface area contributed by atoms with Crippen molar-refractivity contribution in [3.05, 3.63) is 54.6 Å². The summed E-state index contributed by atoms with van der Waals surface area (Å²) in [5.74, 6) is -1.07. The van der Waals surface area contributed by atoms with Gasteiger partial charge >= 0.3 is 5.97 Å². The van der Waals surface area contributed by atoms with E-state index in [1.807, 2.05) is 18.3 Å². The molecule has 6 heteroatoms. The molecule has 3 heterocycles. The fraction of sp³-hybridized carbons (Fsp3) is 0. The molecule has 1 aromatic carbocycles. The van der Waals surface area contributed by atoms with Crippen molar-refractivity contribution in [2.24, 2.45) is 0 Å². The predicted octanol–water partition coefficient (Wildman–Crippen LogP) is 3.31. The second kappa shape index (κ2) is 4.39. The largest absolute Gasteiger partial charge is 0.476 e. The molecular weight excluding hydrogens is 286 g/mol. The van der Waals surface area contributed by atoms with Crippen molar-refractivity contribution in [3.8, 4) is 10.6 Å². The molecule has 0 aliphatic rings. The molecule has 0 aliphatic carbocycles. The Kier molecular flexibility index (Phi) is 2.52. The van der Waals surface area contributed by atoms with Crippen molar-refractivity contribution in [1.29, 1.82) is 0 Å². The fourth-order valence-corrected chi connectivity index (χ4v) is 3.31. The zero-order valence-electron chi connectivity index (χ0n) is 10.7. The number of nitrogens with zero attached hydrogens (tertiary/aromatic N) is 3. The van der Waals surface area contributed by atoms with Gasteiger partial charge < -0.3 is 9.51 Å². The van der Waals surface area contributed by atoms with Gasteiger partial charge in [-0.3, -0.25) is 0 Å². The molecule has 3 aromatic heterocycles. The molecule has 21 heavy (non-hydrogen) atoms. The SMILES string of the molecule is O=C(O)c1nccn2cc(-c3cc4ccccc4s3)nc12. The lowest BCUT2D eigenvalue weighted by molar-refractivity contribution is 0.0692. The van der Waals surface area contributed by atoms with Gasteiger partial charge in [-0.2, -0.15) is 0 Å². The van der Waals surface area contributed by atoms with Crippen LogP contribution in [0.4, 0.5) is 0 Å². The third kappa shape index (κ3) is 1.88. The van der Waals surface area contributed by atoms with E-state index in [0.29, 0.717) is 5.65 Å². The van der Waals surface area contributed by atoms with Gasteiger partial charge in [-0.05, 0) is 17.5 Å². The van der Waals surface area contributed by atoms with Crippen LogP contribution in [0.5, 0.6) is 0 Å². The van der Waals surface area contributed by atoms with E-state index in [4.69, 9.17) is 5.11 Å². The minimum atomic E-state index is -1.07. The lowest BCUT2D eigenvalue weighted by atomic mass is 10.2. The van der Waals surface area contributed by atoms with Gasteiger partial charge in [-0.25, -0.2) is 14.8 Å². The highest BCUT2D eigenvalue weighted by Gasteiger charge is 2.15. The van der Waals surface area contributed by atoms with Crippen LogP contribution in [0.2, 0.25) is 0 Å². The minimum Gasteiger partial charge on any atom is -0.476 e. The lowest BCUT2D eigenvalue weighted by Crippen LogP contribution is -2.03. The Labute approximate surface area is 123 Å². The van der Waals surface area contributed by atoms with Gasteiger partial charge in [0.2, 0.25) is 0 Å². The van der Waals surface area contributed by atoms with Gasteiger partial charge in [0.15, 0.2) is 11.3 Å². The van der Waals surface area contributed by atoms with E-state index in [-0.39, 0.29) is 5.69 Å². The summed E-state index contributed by atoms with van der Waals surface area (Å²) >= 11 is 1.64. The summed E-state index contributed by atoms with van der Waals surface area (Å²) in [6, 6.07) is 10.2. The van der Waals surface area contributed by atoms with Crippen LogP contribution in [0, 0.1) is 0 Å². The van der Waals surface area contributed by atoms with E-state index in [0.717, 1.165) is 16.0 Å². The molecule has 0 radical (unpaired) electrons. The number of carboxylic acids is 1. The number of fused-ring (bicyclic) bond motifs is 2. The van der Waals surface area contributed by atoms with E-state index in [2.05, 4.69) is 28.2 Å². The maximum absolute atomic E-state index is 11.2. The number of carbonyl (C=O) groups is 1. The first-order valence-corrected chi connectivity index (χ1v) is 7.10. The Morgan fingerprint density at radius 3 is 2.95 bits per heavy atom. The molecule has 0 saturated heterocycles. The Balaban J connectivity index is 1.94. The first kappa shape index (κ1) is 12.0. The molecule has 0 bridgehead atoms. The van der Waals surface area contributed by atoms with Crippen LogP contribution >= 0.6 is 11.3 Å². The van der Waals surface area contributed by atoms with E-state index < -0.39 is 5.97 Å². The zero-order valence-corrected chi connectivity index (χ0v) is 11.5. The molecule has 1 N–H and O–H groups in total. The fourth-order valence-electron chi connectivity index (χ4n) is 2.30. The van der Waals surface area contributed by atoms with Crippen molar-refractivity contribution in [3.63, 3.8) is 0 Å². The smallest absolute Gasteiger partial charge is 0.358 e. The monoisotopic (exact) mass is 295 g/mol. The maximum atomic E-state index is 11.2. The first-order valence-electron chi connectivity index (χ1n) is 6.28. The van der Waals surface area contributed by atoms with Gasteiger partial charge in [0.05, 0.1) is 10.6 Å². The molecular formula is C15H9N3O2S. The van der Waals surface area contributed by atoms with Gasteiger partial charge in [0, 0.05) is 23.3 Å². The number of carboxylic acid groups (broad SMARTS) is 1. The van der Waals surface area contributed by atoms with Crippen molar-refractivity contribution in [1.82, 2.24) is 14.4 Å². The second-order valence-electron chi connectivity index (χ2n) is 4.59. The quantitative estimate of drug-likeness (QED) is 0.616. The molecule has 5 nitrogen and oxygen atoms in total. The van der Waals surface area contributed by atoms with Crippen LogP contribution in [-0.2, 0) is 0 Å². The number of thiophene rings is 1. The highest BCUT2D eigenvalue weighted by Crippen LogP contribution is 2.33. The average Bonchev–Trinajstić information content (AvgIpc) is 3.09. The van der Waals surface area contributed by atoms with Crippen LogP contribution in [-0.4, -0.2) is 25.4 Å². The van der Waals surface area contributed by atoms with Gasteiger partial charge in [-0.15, -0.1) is 11.3 Å². The van der Waals surface area contributed by atoms with E-state index in [1.54, 1.807) is 21.9 Å². The number of imidazole rings is 1. The van der Waals surface area contributed by atoms with Crippen molar-refractivity contribution >= 4 is 33.0 Å². The van der Waals surface area contributed by atoms with E-state index >= 15 is 0 Å². The number of hydrogen-bond donors (Lipinski definition) is 1. The minimum absolute atomic E-state index is 0.0372. The molecule has 0 unspecified atom stereocenters. The van der Waals surface area contributed by atoms with Crippen molar-refractivity contribution in [2.75, 3.05) is 0 Å². The number of benzene rings is 1. The number of aromatic carboxylic acids is 1. The Bertz CT molecular complexity index is 954. The van der Waals surface area contributed by atoms with Gasteiger partial charge in [0.1, 0.15) is 0 Å². The summed E-state index contributed by atoms with van der Waals surface area (Å²) in [5, 5.41) is 10.3. The molecule has 4 rings (SSSR count). The topological polar surface area (TPSA) is 67.5 Å². The molecule has 0 spiro atoms. The molecule has 0 atom stereocenters. The number of hydrogen-bond acceptors (Lipinski definition) is 4. The highest BCUT2D eigenvalue weighted by atomic mass is 32.1. The number of rotatable bonds is 2. The Hall–Kier alpha value is -2.73. The molecule has 0 aliphatic heterocycles. The normalized spacial score (nSPS) is 11.2. The van der Waals surface area contributed by atoms with Crippen LogP contribution in [0.15, 0.2) is 48.9 Å². The van der Waals surface area contributed by atoms with Crippen LogP contribution < -0.4 is 0 Å². The summed E-state index contributed by atoms with van der Waals surface area (Å²) in [4.78, 5) is 20.5. The molecule has 0 saturated carbocycles. The predicted molar refractivity (Wildman–Crippen MR) is 80.8 cm³/mol. The van der Waals surface area contributed by atoms with E-state index in [1.165, 1.54) is 10.9 Å². The van der Waals surface area contributed by atoms with Crippen LogP contribution in [0.1, 0.15) is 10.5 Å². The van der Waals surface area contributed by atoms with Crippen molar-refractivity contribution in [2.45, 2.75) is 0 Å². The second-order valence-corrected chi connectivity index (χ2v) is 5.67. The molecule has 102 valence electrons. The number of aromatic nitrogens is 3. The summed E-state index contributed by atoms with van der Waals surface area (Å²) in [6.07, 6.45) is 4.99. The van der Waals surface area contributed by atoms with Gasteiger partial charge in [-0.1, -0.05) is 18.2 Å². The van der Waals surface area contributed by atoms with Crippen LogP contribution in [0.25, 0.3) is 26.3 Å².